The molecule has 3 aliphatic heterocycles. The van der Waals surface area contributed by atoms with E-state index in [1.165, 1.54) is 16.7 Å². The largest absolute Gasteiger partial charge is 0.480 e. The molecule has 3 aliphatic rings. The summed E-state index contributed by atoms with van der Waals surface area (Å²) in [5.74, 6) is -13.0. The molecule has 0 aliphatic carbocycles. The van der Waals surface area contributed by atoms with E-state index >= 15 is 0 Å². The van der Waals surface area contributed by atoms with E-state index < -0.39 is 186 Å². The van der Waals surface area contributed by atoms with Crippen LogP contribution in [0, 0.1) is 17.2 Å². The molecule has 100 heavy (non-hydrogen) atoms. The van der Waals surface area contributed by atoms with E-state index in [9.17, 15) is 82.8 Å². The number of guanidine groups is 1. The molecule has 0 aromatic heterocycles. The van der Waals surface area contributed by atoms with Crippen molar-refractivity contribution >= 4 is 108 Å². The summed E-state index contributed by atoms with van der Waals surface area (Å²) in [5, 5.41) is 74.7. The fourth-order valence-electron chi connectivity index (χ4n) is 11.8. The van der Waals surface area contributed by atoms with Crippen molar-refractivity contribution in [2.24, 2.45) is 29.0 Å². The van der Waals surface area contributed by atoms with E-state index in [4.69, 9.17) is 22.6 Å². The highest BCUT2D eigenvalue weighted by molar-refractivity contribution is 7.80. The zero-order valence-electron chi connectivity index (χ0n) is 57.6. The Morgan fingerprint density at radius 3 is 1.72 bits per heavy atom. The molecule has 36 heteroatoms. The number of carbonyl (C=O) groups excluding carboxylic acids is 12. The number of carbonyl (C=O) groups is 13. The molecule has 21 N–H and O–H groups in total. The second-order valence-electron chi connectivity index (χ2n) is 25.7. The molecule has 0 radical (unpaired) electrons. The van der Waals surface area contributed by atoms with Gasteiger partial charge in [0.1, 0.15) is 72.5 Å². The molecule has 0 unspecified atom stereocenters. The minimum atomic E-state index is -1.78. The van der Waals surface area contributed by atoms with Crippen LogP contribution in [-0.4, -0.2) is 260 Å². The first kappa shape index (κ1) is 84.5. The highest BCUT2D eigenvalue weighted by Crippen LogP contribution is 2.28. The molecule has 3 fully saturated rings. The molecule has 0 spiro atoms. The predicted molar refractivity (Wildman–Crippen MR) is 372 cm³/mol. The molecule has 3 saturated heterocycles. The van der Waals surface area contributed by atoms with Gasteiger partial charge in [-0.3, -0.25) is 62.9 Å². The number of hydrogen-bond donors (Lipinski definition) is 20. The summed E-state index contributed by atoms with van der Waals surface area (Å²) in [5.41, 5.74) is 17.7. The lowest BCUT2D eigenvalue weighted by atomic mass is 9.96. The fourth-order valence-corrected chi connectivity index (χ4v) is 12.3. The fraction of sp³-hybridized carbons (Fsp3) is 0.688. The van der Waals surface area contributed by atoms with Crippen molar-refractivity contribution in [1.82, 2.24) is 67.9 Å². The van der Waals surface area contributed by atoms with Gasteiger partial charge in [0.05, 0.1) is 24.9 Å². The Labute approximate surface area is 593 Å². The molecule has 0 bridgehead atoms. The molecule has 0 saturated carbocycles. The number of carboxylic acids is 1. The lowest BCUT2D eigenvalue weighted by Crippen LogP contribution is -2.62. The van der Waals surface area contributed by atoms with Gasteiger partial charge < -0.3 is 105 Å². The number of carboxylic acid groups (broad SMARTS) is 1. The number of benzene rings is 1. The highest BCUT2D eigenvalue weighted by Gasteiger charge is 2.47. The van der Waals surface area contributed by atoms with E-state index in [1.807, 2.05) is 0 Å². The first-order valence-corrected chi connectivity index (χ1v) is 35.3. The number of aliphatic carboxylic acids is 1. The number of aliphatic hydroxyl groups excluding tert-OH is 3. The van der Waals surface area contributed by atoms with Crippen LogP contribution in [0.15, 0.2) is 30.3 Å². The molecule has 4 rings (SSSR count). The number of likely N-dealkylation sites (tertiary alicyclic amines) is 3. The van der Waals surface area contributed by atoms with Gasteiger partial charge in [0, 0.05) is 50.5 Å². The summed E-state index contributed by atoms with van der Waals surface area (Å²) in [6, 6.07) is -8.88. The Morgan fingerprint density at radius 1 is 0.600 bits per heavy atom. The topological polar surface area (TPSA) is 535 Å². The van der Waals surface area contributed by atoms with Gasteiger partial charge >= 0.3 is 5.97 Å². The van der Waals surface area contributed by atoms with Gasteiger partial charge in [0.15, 0.2) is 5.96 Å². The van der Waals surface area contributed by atoms with Gasteiger partial charge in [-0.05, 0) is 95.6 Å². The van der Waals surface area contributed by atoms with Crippen LogP contribution in [-0.2, 0) is 68.7 Å². The number of thiol groups is 2. The number of nitrogens with one attached hydrogen (secondary N) is 11. The first-order chi connectivity index (χ1) is 47.4. The van der Waals surface area contributed by atoms with Crippen LogP contribution >= 0.6 is 25.3 Å². The quantitative estimate of drug-likeness (QED) is 0.0126. The molecule has 34 nitrogen and oxygen atoms in total. The Balaban J connectivity index is 1.45. The van der Waals surface area contributed by atoms with Crippen molar-refractivity contribution in [3.8, 4) is 0 Å². The zero-order chi connectivity index (χ0) is 74.7. The van der Waals surface area contributed by atoms with Crippen LogP contribution < -0.4 is 70.4 Å². The lowest BCUT2D eigenvalue weighted by molar-refractivity contribution is -0.149. The van der Waals surface area contributed by atoms with Crippen LogP contribution in [0.3, 0.4) is 0 Å². The molecular weight excluding hydrogens is 1340 g/mol. The van der Waals surface area contributed by atoms with Crippen molar-refractivity contribution < 1.29 is 82.8 Å². The minimum Gasteiger partial charge on any atom is -0.480 e. The van der Waals surface area contributed by atoms with E-state index in [2.05, 4.69) is 78.4 Å². The Bertz CT molecular complexity index is 3000. The standard InChI is InChI=1S/C64H105N17O17S2/c1-7-33(3)48(58(92)75-44(32-100)55(89)73-42(63(97)98)27-37-17-10-9-11-18-37)76-56(90)45-21-15-25-79(45)61(95)46-22-16-26-80(46)62(96)49(34(4)8-2)77-54(88)43(30-82)74-53(87)40(19-12-13-23-65)72-59(93)50(36(6)83)78-51(85)35(5)70-52(86)41(20-14-24-69-64(67)68)71-57(91)47-28-38(84)29-81(47)60(94)39(66)31-99/h9-11,17-18,33-36,38-50,82-84,99-100H,7-8,12-16,19-32,65-66H2,1-6H3,(H,70,86)(H,71,91)(H,72,93)(H,73,89)(H,74,87)(H,75,92)(H,76,90)(H,77,88)(H,78,85)(H,97,98)(H4,67,68,69)/t33-,34-,35-,36+,38+,39-,40-,41-,42-,43-,44-,45-,46-,47-,48-,49-,50-/m0/s1. The molecule has 1 aromatic rings. The SMILES string of the molecule is CC[C@H](C)[C@H](NC(=O)[C@@H]1CCCN1C(=O)[C@@H]1CCCN1C(=O)[C@@H](NC(=O)[C@H](CO)NC(=O)[C@H](CCCCN)NC(=O)[C@@H](NC(=O)[C@H](C)NC(=O)[C@H](CCCNC(=N)N)NC(=O)[C@@H]1C[C@@H](O)CN1C(=O)[C@@H](N)CS)[C@@H](C)O)[C@@H](C)CC)C(=O)N[C@@H](CS)C(=O)N[C@@H](Cc1ccccc1)C(=O)O. The van der Waals surface area contributed by atoms with E-state index in [0.717, 1.165) is 11.8 Å². The third-order valence-corrected chi connectivity index (χ3v) is 18.9. The van der Waals surface area contributed by atoms with Gasteiger partial charge in [-0.2, -0.15) is 25.3 Å². The number of unbranched alkanes of at least 4 members (excludes halogenated alkanes) is 1. The van der Waals surface area contributed by atoms with Gasteiger partial charge in [0.2, 0.25) is 70.9 Å². The molecule has 3 heterocycles. The average molecular weight is 1450 g/mol. The molecule has 17 atom stereocenters. The number of nitrogens with zero attached hydrogens (tertiary/aromatic N) is 3. The second kappa shape index (κ2) is 41.7. The summed E-state index contributed by atoms with van der Waals surface area (Å²) < 4.78 is 0. The maximum Gasteiger partial charge on any atom is 0.326 e. The third-order valence-electron chi connectivity index (χ3n) is 18.1. The third kappa shape index (κ3) is 24.7. The Morgan fingerprint density at radius 2 is 1.13 bits per heavy atom. The maximum absolute atomic E-state index is 14.8. The number of aliphatic hydroxyl groups is 3. The first-order valence-electron chi connectivity index (χ1n) is 34.0. The summed E-state index contributed by atoms with van der Waals surface area (Å²) in [6.45, 7) is 8.58. The molecule has 560 valence electrons. The molecular formula is C64H105N17O17S2. The van der Waals surface area contributed by atoms with Crippen molar-refractivity contribution in [2.75, 3.05) is 50.8 Å². The summed E-state index contributed by atoms with van der Waals surface area (Å²) >= 11 is 8.31. The monoisotopic (exact) mass is 1450 g/mol. The number of β-amino-alcohol motifs (C(OH)–C–C–N with tert-alkyl or cyclic N) is 1. The van der Waals surface area contributed by atoms with Crippen molar-refractivity contribution in [3.63, 3.8) is 0 Å². The van der Waals surface area contributed by atoms with Crippen LogP contribution in [0.4, 0.5) is 0 Å². The Kier molecular flexibility index (Phi) is 35.3. The predicted octanol–water partition coefficient (Wildman–Crippen LogP) is -5.31. The van der Waals surface area contributed by atoms with E-state index in [1.54, 1.807) is 58.0 Å². The zero-order valence-corrected chi connectivity index (χ0v) is 59.4. The van der Waals surface area contributed by atoms with Crippen LogP contribution in [0.2, 0.25) is 0 Å². The van der Waals surface area contributed by atoms with Crippen molar-refractivity contribution in [3.05, 3.63) is 35.9 Å². The summed E-state index contributed by atoms with van der Waals surface area (Å²) in [7, 11) is 0. The van der Waals surface area contributed by atoms with E-state index in [0.29, 0.717) is 37.7 Å². The summed E-state index contributed by atoms with van der Waals surface area (Å²) in [6.07, 6.45) is -0.536. The van der Waals surface area contributed by atoms with Crippen LogP contribution in [0.25, 0.3) is 0 Å². The van der Waals surface area contributed by atoms with Crippen molar-refractivity contribution in [2.45, 2.75) is 216 Å². The van der Waals surface area contributed by atoms with Gasteiger partial charge in [-0.15, -0.1) is 0 Å². The maximum atomic E-state index is 14.8. The molecule has 12 amide bonds. The van der Waals surface area contributed by atoms with E-state index in [-0.39, 0.29) is 102 Å². The van der Waals surface area contributed by atoms with Gasteiger partial charge in [-0.1, -0.05) is 70.9 Å². The summed E-state index contributed by atoms with van der Waals surface area (Å²) in [4.78, 5) is 184. The number of rotatable bonds is 40. The number of hydrogen-bond acceptors (Lipinski definition) is 21. The number of nitrogens with two attached hydrogens (primary N) is 3. The van der Waals surface area contributed by atoms with Crippen molar-refractivity contribution in [1.29, 1.82) is 5.41 Å². The van der Waals surface area contributed by atoms with Gasteiger partial charge in [0.25, 0.3) is 0 Å². The average Bonchev–Trinajstić information content (AvgIpc) is 1.61. The minimum absolute atomic E-state index is 0.0354. The van der Waals surface area contributed by atoms with Crippen LogP contribution in [0.5, 0.6) is 0 Å². The molecule has 1 aromatic carbocycles. The highest BCUT2D eigenvalue weighted by atomic mass is 32.1. The Hall–Kier alpha value is -7.90. The smallest absolute Gasteiger partial charge is 0.326 e. The van der Waals surface area contributed by atoms with Crippen LogP contribution in [0.1, 0.15) is 124 Å². The van der Waals surface area contributed by atoms with Gasteiger partial charge in [-0.25, -0.2) is 4.79 Å². The second-order valence-corrected chi connectivity index (χ2v) is 26.5. The number of amides is 12. The lowest BCUT2D eigenvalue weighted by Gasteiger charge is -2.35. The normalized spacial score (nSPS) is 20.5.